The van der Waals surface area contributed by atoms with Crippen molar-refractivity contribution in [2.75, 3.05) is 19.6 Å². The van der Waals surface area contributed by atoms with Gasteiger partial charge in [0.25, 0.3) is 0 Å². The molecule has 1 aliphatic heterocycles. The van der Waals surface area contributed by atoms with E-state index >= 15 is 0 Å². The molecule has 1 N–H and O–H groups in total. The lowest BCUT2D eigenvalue weighted by molar-refractivity contribution is 0.238. The fourth-order valence-electron chi connectivity index (χ4n) is 3.59. The standard InChI is InChI=1S/C19H28N4/c1-15-18(16(2)22(3)21-15)13-20-14-19(23-11-7-8-12-23)17-9-5-4-6-10-17/h4-6,9-10,19-20H,7-8,11-14H2,1-3H3. The molecule has 124 valence electrons. The predicted molar refractivity (Wildman–Crippen MR) is 94.4 cm³/mol. The van der Waals surface area contributed by atoms with Gasteiger partial charge in [0, 0.05) is 37.4 Å². The molecule has 0 amide bonds. The summed E-state index contributed by atoms with van der Waals surface area (Å²) in [4.78, 5) is 2.62. The second kappa shape index (κ2) is 7.28. The molecule has 3 rings (SSSR count). The van der Waals surface area contributed by atoms with Crippen LogP contribution in [-0.2, 0) is 13.6 Å². The van der Waals surface area contributed by atoms with E-state index in [1.165, 1.54) is 42.8 Å². The van der Waals surface area contributed by atoms with Gasteiger partial charge in [-0.25, -0.2) is 0 Å². The summed E-state index contributed by atoms with van der Waals surface area (Å²) in [6.07, 6.45) is 2.65. The summed E-state index contributed by atoms with van der Waals surface area (Å²) >= 11 is 0. The molecule has 4 nitrogen and oxygen atoms in total. The minimum atomic E-state index is 0.469. The third-order valence-electron chi connectivity index (χ3n) is 5.06. The molecule has 4 heteroatoms. The number of benzene rings is 1. The molecular weight excluding hydrogens is 284 g/mol. The van der Waals surface area contributed by atoms with Crippen molar-refractivity contribution < 1.29 is 0 Å². The van der Waals surface area contributed by atoms with Gasteiger partial charge in [-0.3, -0.25) is 9.58 Å². The molecule has 1 aromatic carbocycles. The van der Waals surface area contributed by atoms with Crippen LogP contribution in [-0.4, -0.2) is 34.3 Å². The number of nitrogens with one attached hydrogen (secondary N) is 1. The number of hydrogen-bond donors (Lipinski definition) is 1. The summed E-state index contributed by atoms with van der Waals surface area (Å²) in [6, 6.07) is 11.4. The molecule has 1 atom stereocenters. The molecular formula is C19H28N4. The molecule has 0 radical (unpaired) electrons. The normalized spacial score (nSPS) is 16.8. The molecule has 1 saturated heterocycles. The Kier molecular flexibility index (Phi) is 5.13. The van der Waals surface area contributed by atoms with Gasteiger partial charge in [0.05, 0.1) is 5.69 Å². The van der Waals surface area contributed by atoms with Crippen molar-refractivity contribution in [3.63, 3.8) is 0 Å². The first-order chi connectivity index (χ1) is 11.2. The molecule has 1 aliphatic rings. The van der Waals surface area contributed by atoms with E-state index in [-0.39, 0.29) is 0 Å². The van der Waals surface area contributed by atoms with Crippen molar-refractivity contribution in [2.24, 2.45) is 7.05 Å². The van der Waals surface area contributed by atoms with Crippen LogP contribution in [0.4, 0.5) is 0 Å². The zero-order valence-corrected chi connectivity index (χ0v) is 14.5. The Hall–Kier alpha value is -1.65. The third kappa shape index (κ3) is 3.65. The first kappa shape index (κ1) is 16.2. The molecule has 1 aromatic heterocycles. The summed E-state index contributed by atoms with van der Waals surface area (Å²) in [5.41, 5.74) is 5.14. The molecule has 2 heterocycles. The second-order valence-electron chi connectivity index (χ2n) is 6.57. The van der Waals surface area contributed by atoms with Gasteiger partial charge in [0.2, 0.25) is 0 Å². The van der Waals surface area contributed by atoms with Crippen LogP contribution in [0, 0.1) is 13.8 Å². The minimum Gasteiger partial charge on any atom is -0.311 e. The largest absolute Gasteiger partial charge is 0.311 e. The van der Waals surface area contributed by atoms with Crippen LogP contribution in [0.25, 0.3) is 0 Å². The molecule has 1 unspecified atom stereocenters. The smallest absolute Gasteiger partial charge is 0.0641 e. The lowest BCUT2D eigenvalue weighted by Gasteiger charge is -2.28. The highest BCUT2D eigenvalue weighted by atomic mass is 15.3. The van der Waals surface area contributed by atoms with Crippen molar-refractivity contribution in [1.82, 2.24) is 20.0 Å². The molecule has 2 aromatic rings. The van der Waals surface area contributed by atoms with Crippen molar-refractivity contribution in [3.05, 3.63) is 52.8 Å². The number of nitrogens with zero attached hydrogens (tertiary/aromatic N) is 3. The molecule has 0 spiro atoms. The number of aryl methyl sites for hydroxylation is 2. The summed E-state index contributed by atoms with van der Waals surface area (Å²) in [6.45, 7) is 8.55. The molecule has 0 aliphatic carbocycles. The number of rotatable bonds is 6. The van der Waals surface area contributed by atoms with Gasteiger partial charge >= 0.3 is 0 Å². The van der Waals surface area contributed by atoms with E-state index < -0.39 is 0 Å². The van der Waals surface area contributed by atoms with Gasteiger partial charge < -0.3 is 5.32 Å². The number of aromatic nitrogens is 2. The summed E-state index contributed by atoms with van der Waals surface area (Å²) in [5, 5.41) is 8.19. The van der Waals surface area contributed by atoms with Gasteiger partial charge in [-0.15, -0.1) is 0 Å². The average molecular weight is 312 g/mol. The van der Waals surface area contributed by atoms with Crippen LogP contribution < -0.4 is 5.32 Å². The third-order valence-corrected chi connectivity index (χ3v) is 5.06. The van der Waals surface area contributed by atoms with Gasteiger partial charge in [0.1, 0.15) is 0 Å². The number of hydrogen-bond acceptors (Lipinski definition) is 3. The maximum absolute atomic E-state index is 4.51. The maximum Gasteiger partial charge on any atom is 0.0641 e. The summed E-state index contributed by atoms with van der Waals surface area (Å²) in [5.74, 6) is 0. The zero-order valence-electron chi connectivity index (χ0n) is 14.5. The fraction of sp³-hybridized carbons (Fsp3) is 0.526. The topological polar surface area (TPSA) is 33.1 Å². The van der Waals surface area contributed by atoms with Gasteiger partial charge in [-0.2, -0.15) is 5.10 Å². The Bertz CT molecular complexity index is 626. The maximum atomic E-state index is 4.51. The highest BCUT2D eigenvalue weighted by Gasteiger charge is 2.23. The van der Waals surface area contributed by atoms with E-state index in [1.54, 1.807) is 0 Å². The monoisotopic (exact) mass is 312 g/mol. The fourth-order valence-corrected chi connectivity index (χ4v) is 3.59. The Balaban J connectivity index is 1.67. The van der Waals surface area contributed by atoms with Gasteiger partial charge in [-0.05, 0) is 45.3 Å². The van der Waals surface area contributed by atoms with E-state index in [1.807, 2.05) is 11.7 Å². The summed E-state index contributed by atoms with van der Waals surface area (Å²) in [7, 11) is 2.02. The van der Waals surface area contributed by atoms with E-state index in [0.717, 1.165) is 18.8 Å². The summed E-state index contributed by atoms with van der Waals surface area (Å²) < 4.78 is 1.97. The minimum absolute atomic E-state index is 0.469. The van der Waals surface area contributed by atoms with Gasteiger partial charge in [0.15, 0.2) is 0 Å². The zero-order chi connectivity index (χ0) is 16.2. The second-order valence-corrected chi connectivity index (χ2v) is 6.57. The van der Waals surface area contributed by atoms with Crippen LogP contribution in [0.3, 0.4) is 0 Å². The van der Waals surface area contributed by atoms with Crippen molar-refractivity contribution in [3.8, 4) is 0 Å². The Morgan fingerprint density at radius 1 is 1.13 bits per heavy atom. The van der Waals surface area contributed by atoms with E-state index in [0.29, 0.717) is 6.04 Å². The Labute approximate surface area is 139 Å². The van der Waals surface area contributed by atoms with Gasteiger partial charge in [-0.1, -0.05) is 30.3 Å². The van der Waals surface area contributed by atoms with Crippen molar-refractivity contribution in [1.29, 1.82) is 0 Å². The van der Waals surface area contributed by atoms with Crippen LogP contribution in [0.5, 0.6) is 0 Å². The van der Waals surface area contributed by atoms with E-state index in [2.05, 4.69) is 59.5 Å². The van der Waals surface area contributed by atoms with Crippen molar-refractivity contribution in [2.45, 2.75) is 39.3 Å². The molecule has 1 fully saturated rings. The lowest BCUT2D eigenvalue weighted by atomic mass is 10.1. The first-order valence-electron chi connectivity index (χ1n) is 8.65. The number of likely N-dealkylation sites (tertiary alicyclic amines) is 1. The average Bonchev–Trinajstić information content (AvgIpc) is 3.16. The Morgan fingerprint density at radius 2 is 1.83 bits per heavy atom. The SMILES string of the molecule is Cc1nn(C)c(C)c1CNCC(c1ccccc1)N1CCCC1. The van der Waals surface area contributed by atoms with E-state index in [4.69, 9.17) is 0 Å². The van der Waals surface area contributed by atoms with Crippen LogP contribution in [0.2, 0.25) is 0 Å². The van der Waals surface area contributed by atoms with Crippen LogP contribution in [0.15, 0.2) is 30.3 Å². The van der Waals surface area contributed by atoms with Crippen molar-refractivity contribution >= 4 is 0 Å². The quantitative estimate of drug-likeness (QED) is 0.890. The Morgan fingerprint density at radius 3 is 2.43 bits per heavy atom. The van der Waals surface area contributed by atoms with Crippen LogP contribution >= 0.6 is 0 Å². The lowest BCUT2D eigenvalue weighted by Crippen LogP contribution is -2.34. The van der Waals surface area contributed by atoms with E-state index in [9.17, 15) is 0 Å². The highest BCUT2D eigenvalue weighted by molar-refractivity contribution is 5.24. The first-order valence-corrected chi connectivity index (χ1v) is 8.65. The molecule has 0 saturated carbocycles. The molecule has 23 heavy (non-hydrogen) atoms. The molecule has 0 bridgehead atoms. The predicted octanol–water partition coefficient (Wildman–Crippen LogP) is 2.96. The highest BCUT2D eigenvalue weighted by Crippen LogP contribution is 2.24. The van der Waals surface area contributed by atoms with Crippen LogP contribution in [0.1, 0.15) is 41.4 Å².